The molecule has 0 saturated heterocycles. The third kappa shape index (κ3) is 3.31. The molecule has 0 bridgehead atoms. The SMILES string of the molecule is COC(=O)c1ccc(CCCCN)c(F)c1. The molecule has 0 aliphatic heterocycles. The molecule has 0 radical (unpaired) electrons. The van der Waals surface area contributed by atoms with Crippen LogP contribution in [-0.2, 0) is 11.2 Å². The van der Waals surface area contributed by atoms with E-state index in [1.165, 1.54) is 13.2 Å². The maximum absolute atomic E-state index is 13.5. The van der Waals surface area contributed by atoms with E-state index in [2.05, 4.69) is 4.74 Å². The van der Waals surface area contributed by atoms with Gasteiger partial charge in [-0.2, -0.15) is 0 Å². The summed E-state index contributed by atoms with van der Waals surface area (Å²) in [6.07, 6.45) is 2.37. The van der Waals surface area contributed by atoms with Gasteiger partial charge < -0.3 is 10.5 Å². The van der Waals surface area contributed by atoms with Crippen LogP contribution >= 0.6 is 0 Å². The lowest BCUT2D eigenvalue weighted by Gasteiger charge is -2.04. The van der Waals surface area contributed by atoms with Crippen molar-refractivity contribution in [2.24, 2.45) is 5.73 Å². The fourth-order valence-electron chi connectivity index (χ4n) is 1.45. The largest absolute Gasteiger partial charge is 0.465 e. The van der Waals surface area contributed by atoms with Crippen LogP contribution < -0.4 is 5.73 Å². The molecule has 2 N–H and O–H groups in total. The molecule has 0 aromatic heterocycles. The van der Waals surface area contributed by atoms with Crippen LogP contribution in [-0.4, -0.2) is 19.6 Å². The molecule has 4 heteroatoms. The van der Waals surface area contributed by atoms with Gasteiger partial charge in [-0.1, -0.05) is 6.07 Å². The van der Waals surface area contributed by atoms with Crippen LogP contribution in [0.5, 0.6) is 0 Å². The molecular formula is C12H16FNO2. The first kappa shape index (κ1) is 12.6. The second-order valence-corrected chi connectivity index (χ2v) is 3.54. The molecule has 0 unspecified atom stereocenters. The van der Waals surface area contributed by atoms with E-state index < -0.39 is 5.97 Å². The molecule has 0 atom stereocenters. The van der Waals surface area contributed by atoms with E-state index in [9.17, 15) is 9.18 Å². The van der Waals surface area contributed by atoms with E-state index in [1.807, 2.05) is 0 Å². The molecule has 1 aromatic rings. The van der Waals surface area contributed by atoms with Gasteiger partial charge in [-0.3, -0.25) is 0 Å². The summed E-state index contributed by atoms with van der Waals surface area (Å²) in [6, 6.07) is 4.41. The number of carbonyl (C=O) groups excluding carboxylic acids is 1. The number of hydrogen-bond donors (Lipinski definition) is 1. The van der Waals surface area contributed by atoms with Crippen LogP contribution in [0.1, 0.15) is 28.8 Å². The molecule has 1 aromatic carbocycles. The molecule has 16 heavy (non-hydrogen) atoms. The second kappa shape index (κ2) is 6.23. The van der Waals surface area contributed by atoms with Crippen molar-refractivity contribution in [1.29, 1.82) is 0 Å². The van der Waals surface area contributed by atoms with Crippen molar-refractivity contribution >= 4 is 5.97 Å². The number of aryl methyl sites for hydroxylation is 1. The first-order valence-electron chi connectivity index (χ1n) is 5.26. The molecule has 0 aliphatic rings. The highest BCUT2D eigenvalue weighted by Gasteiger charge is 2.09. The number of esters is 1. The highest BCUT2D eigenvalue weighted by atomic mass is 19.1. The normalized spacial score (nSPS) is 10.2. The van der Waals surface area contributed by atoms with E-state index >= 15 is 0 Å². The van der Waals surface area contributed by atoms with Crippen molar-refractivity contribution in [2.75, 3.05) is 13.7 Å². The van der Waals surface area contributed by atoms with Gasteiger partial charge in [0.1, 0.15) is 5.82 Å². The van der Waals surface area contributed by atoms with Crippen molar-refractivity contribution in [3.63, 3.8) is 0 Å². The predicted molar refractivity (Wildman–Crippen MR) is 59.7 cm³/mol. The molecule has 0 heterocycles. The minimum absolute atomic E-state index is 0.238. The molecule has 0 spiro atoms. The predicted octanol–water partition coefficient (Wildman–Crippen LogP) is 1.89. The fourth-order valence-corrected chi connectivity index (χ4v) is 1.45. The van der Waals surface area contributed by atoms with Gasteiger partial charge in [0.05, 0.1) is 12.7 Å². The van der Waals surface area contributed by atoms with Crippen LogP contribution in [0.25, 0.3) is 0 Å². The maximum atomic E-state index is 13.5. The van der Waals surface area contributed by atoms with Gasteiger partial charge in [0.2, 0.25) is 0 Å². The van der Waals surface area contributed by atoms with Gasteiger partial charge in [0.25, 0.3) is 0 Å². The zero-order valence-electron chi connectivity index (χ0n) is 9.33. The zero-order valence-corrected chi connectivity index (χ0v) is 9.33. The van der Waals surface area contributed by atoms with E-state index in [1.54, 1.807) is 12.1 Å². The van der Waals surface area contributed by atoms with E-state index in [-0.39, 0.29) is 11.4 Å². The smallest absolute Gasteiger partial charge is 0.337 e. The number of unbranched alkanes of at least 4 members (excludes halogenated alkanes) is 1. The number of nitrogens with two attached hydrogens (primary N) is 1. The third-order valence-corrected chi connectivity index (χ3v) is 2.37. The Hall–Kier alpha value is -1.42. The summed E-state index contributed by atoms with van der Waals surface area (Å²) in [5, 5.41) is 0. The van der Waals surface area contributed by atoms with Crippen LogP contribution in [0, 0.1) is 5.82 Å². The van der Waals surface area contributed by atoms with Crippen molar-refractivity contribution < 1.29 is 13.9 Å². The second-order valence-electron chi connectivity index (χ2n) is 3.54. The quantitative estimate of drug-likeness (QED) is 0.615. The highest BCUT2D eigenvalue weighted by molar-refractivity contribution is 5.89. The highest BCUT2D eigenvalue weighted by Crippen LogP contribution is 2.13. The van der Waals surface area contributed by atoms with E-state index in [0.717, 1.165) is 12.8 Å². The minimum atomic E-state index is -0.521. The van der Waals surface area contributed by atoms with Gasteiger partial charge >= 0.3 is 5.97 Å². The number of carbonyl (C=O) groups is 1. The summed E-state index contributed by atoms with van der Waals surface area (Å²) in [5.74, 6) is -0.882. The molecule has 1 rings (SSSR count). The molecule has 0 amide bonds. The number of benzene rings is 1. The first-order valence-corrected chi connectivity index (χ1v) is 5.26. The molecule has 88 valence electrons. The van der Waals surface area contributed by atoms with Crippen molar-refractivity contribution in [2.45, 2.75) is 19.3 Å². The van der Waals surface area contributed by atoms with E-state index in [4.69, 9.17) is 5.73 Å². The molecule has 0 fully saturated rings. The minimum Gasteiger partial charge on any atom is -0.465 e. The van der Waals surface area contributed by atoms with Crippen molar-refractivity contribution in [3.8, 4) is 0 Å². The topological polar surface area (TPSA) is 52.3 Å². The van der Waals surface area contributed by atoms with Gasteiger partial charge in [-0.05, 0) is 43.5 Å². The number of ether oxygens (including phenoxy) is 1. The summed E-state index contributed by atoms with van der Waals surface area (Å²) >= 11 is 0. The number of methoxy groups -OCH3 is 1. The van der Waals surface area contributed by atoms with Crippen LogP contribution in [0.15, 0.2) is 18.2 Å². The standard InChI is InChI=1S/C12H16FNO2/c1-16-12(15)10-6-5-9(11(13)8-10)4-2-3-7-14/h5-6,8H,2-4,7,14H2,1H3. The molecular weight excluding hydrogens is 209 g/mol. The fraction of sp³-hybridized carbons (Fsp3) is 0.417. The summed E-state index contributed by atoms with van der Waals surface area (Å²) < 4.78 is 18.0. The Balaban J connectivity index is 2.71. The van der Waals surface area contributed by atoms with Crippen molar-refractivity contribution in [3.05, 3.63) is 35.1 Å². The number of hydrogen-bond acceptors (Lipinski definition) is 3. The Morgan fingerprint density at radius 1 is 1.44 bits per heavy atom. The molecule has 3 nitrogen and oxygen atoms in total. The third-order valence-electron chi connectivity index (χ3n) is 2.37. The number of rotatable bonds is 5. The number of halogens is 1. The van der Waals surface area contributed by atoms with Crippen LogP contribution in [0.2, 0.25) is 0 Å². The Morgan fingerprint density at radius 3 is 2.75 bits per heavy atom. The maximum Gasteiger partial charge on any atom is 0.337 e. The van der Waals surface area contributed by atoms with Crippen molar-refractivity contribution in [1.82, 2.24) is 0 Å². The Bertz CT molecular complexity index is 366. The summed E-state index contributed by atoms with van der Waals surface area (Å²) in [4.78, 5) is 11.1. The summed E-state index contributed by atoms with van der Waals surface area (Å²) in [5.41, 5.74) is 6.21. The average molecular weight is 225 g/mol. The van der Waals surface area contributed by atoms with Crippen LogP contribution in [0.4, 0.5) is 4.39 Å². The summed E-state index contributed by atoms with van der Waals surface area (Å²) in [6.45, 7) is 0.613. The van der Waals surface area contributed by atoms with Gasteiger partial charge in [-0.15, -0.1) is 0 Å². The Kier molecular flexibility index (Phi) is 4.92. The van der Waals surface area contributed by atoms with Gasteiger partial charge in [0.15, 0.2) is 0 Å². The Labute approximate surface area is 94.4 Å². The first-order chi connectivity index (χ1) is 7.69. The molecule has 0 saturated carbocycles. The summed E-state index contributed by atoms with van der Waals surface area (Å²) in [7, 11) is 1.27. The zero-order chi connectivity index (χ0) is 12.0. The molecule has 0 aliphatic carbocycles. The lowest BCUT2D eigenvalue weighted by Crippen LogP contribution is -2.04. The lowest BCUT2D eigenvalue weighted by atomic mass is 10.1. The average Bonchev–Trinajstić information content (AvgIpc) is 2.30. The monoisotopic (exact) mass is 225 g/mol. The Morgan fingerprint density at radius 2 is 2.19 bits per heavy atom. The van der Waals surface area contributed by atoms with E-state index in [0.29, 0.717) is 18.5 Å². The lowest BCUT2D eigenvalue weighted by molar-refractivity contribution is 0.0600. The van der Waals surface area contributed by atoms with Crippen LogP contribution in [0.3, 0.4) is 0 Å². The van der Waals surface area contributed by atoms with Gasteiger partial charge in [0, 0.05) is 0 Å². The van der Waals surface area contributed by atoms with Gasteiger partial charge in [-0.25, -0.2) is 9.18 Å².